The van der Waals surface area contributed by atoms with Gasteiger partial charge in [0.1, 0.15) is 11.6 Å². The zero-order valence-electron chi connectivity index (χ0n) is 10.8. The highest BCUT2D eigenvalue weighted by Crippen LogP contribution is 2.14. The molecule has 6 heteroatoms. The first kappa shape index (κ1) is 12.8. The molecule has 1 N–H and O–H groups in total. The summed E-state index contributed by atoms with van der Waals surface area (Å²) in [7, 11) is 0. The van der Waals surface area contributed by atoms with Gasteiger partial charge < -0.3 is 10.0 Å². The van der Waals surface area contributed by atoms with Crippen molar-refractivity contribution >= 4 is 11.8 Å². The average molecular weight is 250 g/mol. The maximum Gasteiger partial charge on any atom is 0.317 e. The van der Waals surface area contributed by atoms with E-state index in [1.165, 1.54) is 0 Å². The van der Waals surface area contributed by atoms with E-state index in [0.29, 0.717) is 0 Å². The molecule has 0 spiro atoms. The number of aryl methyl sites for hydroxylation is 2. The summed E-state index contributed by atoms with van der Waals surface area (Å²) in [5, 5.41) is 8.75. The second-order valence-electron chi connectivity index (χ2n) is 4.57. The summed E-state index contributed by atoms with van der Waals surface area (Å²) >= 11 is 0. The fourth-order valence-electron chi connectivity index (χ4n) is 2.19. The molecule has 1 aliphatic heterocycles. The highest BCUT2D eigenvalue weighted by molar-refractivity contribution is 5.69. The number of aromatic nitrogens is 2. The first-order valence-electron chi connectivity index (χ1n) is 6.06. The predicted octanol–water partition coefficient (Wildman–Crippen LogP) is 0.300. The van der Waals surface area contributed by atoms with Crippen molar-refractivity contribution in [3.8, 4) is 0 Å². The maximum absolute atomic E-state index is 10.6. The van der Waals surface area contributed by atoms with Gasteiger partial charge in [-0.2, -0.15) is 0 Å². The van der Waals surface area contributed by atoms with E-state index in [4.69, 9.17) is 5.11 Å². The number of rotatable bonds is 3. The molecule has 1 aromatic heterocycles. The summed E-state index contributed by atoms with van der Waals surface area (Å²) < 4.78 is 0. The van der Waals surface area contributed by atoms with E-state index in [1.54, 1.807) is 0 Å². The first-order chi connectivity index (χ1) is 8.54. The molecule has 0 aliphatic carbocycles. The van der Waals surface area contributed by atoms with Gasteiger partial charge in [0.2, 0.25) is 0 Å². The molecule has 98 valence electrons. The van der Waals surface area contributed by atoms with Crippen LogP contribution in [-0.2, 0) is 4.79 Å². The third-order valence-electron chi connectivity index (χ3n) is 3.01. The zero-order chi connectivity index (χ0) is 13.1. The fourth-order valence-corrected chi connectivity index (χ4v) is 2.19. The van der Waals surface area contributed by atoms with Crippen LogP contribution in [0.3, 0.4) is 0 Å². The molecule has 1 saturated heterocycles. The van der Waals surface area contributed by atoms with Crippen LogP contribution in [0.25, 0.3) is 0 Å². The molecule has 0 aromatic carbocycles. The van der Waals surface area contributed by atoms with E-state index in [-0.39, 0.29) is 6.54 Å². The quantitative estimate of drug-likeness (QED) is 0.832. The fraction of sp³-hybridized carbons (Fsp3) is 0.583. The minimum atomic E-state index is -0.767. The second kappa shape index (κ2) is 5.30. The van der Waals surface area contributed by atoms with Crippen molar-refractivity contribution in [3.63, 3.8) is 0 Å². The normalized spacial score (nSPS) is 16.9. The summed E-state index contributed by atoms with van der Waals surface area (Å²) in [5.74, 6) is 0.949. The van der Waals surface area contributed by atoms with Crippen molar-refractivity contribution in [2.24, 2.45) is 0 Å². The third-order valence-corrected chi connectivity index (χ3v) is 3.01. The number of nitrogens with zero attached hydrogens (tertiary/aromatic N) is 4. The van der Waals surface area contributed by atoms with Crippen LogP contribution < -0.4 is 4.90 Å². The number of carboxylic acid groups (broad SMARTS) is 1. The van der Waals surface area contributed by atoms with Crippen LogP contribution in [0.1, 0.15) is 11.5 Å². The highest BCUT2D eigenvalue weighted by atomic mass is 16.4. The lowest BCUT2D eigenvalue weighted by molar-refractivity contribution is -0.138. The monoisotopic (exact) mass is 250 g/mol. The highest BCUT2D eigenvalue weighted by Gasteiger charge is 2.19. The standard InChI is InChI=1S/C12H18N4O2/c1-9-7-11(14-10(2)13-9)16-5-3-15(4-6-16)8-12(17)18/h7H,3-6,8H2,1-2H3,(H,17,18). The smallest absolute Gasteiger partial charge is 0.317 e. The largest absolute Gasteiger partial charge is 0.480 e. The summed E-state index contributed by atoms with van der Waals surface area (Å²) in [6.45, 7) is 7.10. The second-order valence-corrected chi connectivity index (χ2v) is 4.57. The molecule has 1 fully saturated rings. The lowest BCUT2D eigenvalue weighted by Gasteiger charge is -2.34. The Morgan fingerprint density at radius 2 is 1.94 bits per heavy atom. The van der Waals surface area contributed by atoms with Gasteiger partial charge in [-0.25, -0.2) is 9.97 Å². The van der Waals surface area contributed by atoms with Crippen molar-refractivity contribution in [2.75, 3.05) is 37.6 Å². The molecule has 2 rings (SSSR count). The number of hydrogen-bond donors (Lipinski definition) is 1. The molecule has 18 heavy (non-hydrogen) atoms. The van der Waals surface area contributed by atoms with Gasteiger partial charge in [-0.05, 0) is 13.8 Å². The summed E-state index contributed by atoms with van der Waals surface area (Å²) in [4.78, 5) is 23.4. The van der Waals surface area contributed by atoms with Crippen LogP contribution in [-0.4, -0.2) is 58.7 Å². The van der Waals surface area contributed by atoms with Crippen molar-refractivity contribution < 1.29 is 9.90 Å². The number of anilines is 1. The minimum Gasteiger partial charge on any atom is -0.480 e. The molecule has 6 nitrogen and oxygen atoms in total. The molecule has 0 radical (unpaired) electrons. The van der Waals surface area contributed by atoms with E-state index in [1.807, 2.05) is 24.8 Å². The van der Waals surface area contributed by atoms with Gasteiger partial charge in [0, 0.05) is 37.9 Å². The van der Waals surface area contributed by atoms with Crippen LogP contribution in [0.15, 0.2) is 6.07 Å². The Morgan fingerprint density at radius 3 is 2.50 bits per heavy atom. The molecular weight excluding hydrogens is 232 g/mol. The molecule has 0 saturated carbocycles. The first-order valence-corrected chi connectivity index (χ1v) is 6.06. The number of hydrogen-bond acceptors (Lipinski definition) is 5. The van der Waals surface area contributed by atoms with Gasteiger partial charge in [-0.1, -0.05) is 0 Å². The van der Waals surface area contributed by atoms with E-state index in [9.17, 15) is 4.79 Å². The number of carboxylic acids is 1. The Kier molecular flexibility index (Phi) is 3.76. The summed E-state index contributed by atoms with van der Waals surface area (Å²) in [6, 6.07) is 1.97. The van der Waals surface area contributed by atoms with Gasteiger partial charge in [-0.15, -0.1) is 0 Å². The summed E-state index contributed by atoms with van der Waals surface area (Å²) in [6.07, 6.45) is 0. The average Bonchev–Trinajstić information content (AvgIpc) is 2.27. The van der Waals surface area contributed by atoms with Crippen molar-refractivity contribution in [1.82, 2.24) is 14.9 Å². The van der Waals surface area contributed by atoms with Crippen LogP contribution in [0.4, 0.5) is 5.82 Å². The van der Waals surface area contributed by atoms with Gasteiger partial charge >= 0.3 is 5.97 Å². The lowest BCUT2D eigenvalue weighted by Crippen LogP contribution is -2.48. The Balaban J connectivity index is 1.98. The number of aliphatic carboxylic acids is 1. The minimum absolute atomic E-state index is 0.121. The van der Waals surface area contributed by atoms with E-state index in [0.717, 1.165) is 43.5 Å². The van der Waals surface area contributed by atoms with Crippen LogP contribution in [0.5, 0.6) is 0 Å². The van der Waals surface area contributed by atoms with Crippen molar-refractivity contribution in [2.45, 2.75) is 13.8 Å². The maximum atomic E-state index is 10.6. The predicted molar refractivity (Wildman–Crippen MR) is 67.8 cm³/mol. The topological polar surface area (TPSA) is 69.6 Å². The third kappa shape index (κ3) is 3.16. The van der Waals surface area contributed by atoms with Gasteiger partial charge in [0.05, 0.1) is 6.54 Å². The SMILES string of the molecule is Cc1cc(N2CCN(CC(=O)O)CC2)nc(C)n1. The Labute approximate surface area is 106 Å². The van der Waals surface area contributed by atoms with E-state index < -0.39 is 5.97 Å². The molecule has 0 atom stereocenters. The van der Waals surface area contributed by atoms with Gasteiger partial charge in [-0.3, -0.25) is 9.69 Å². The Bertz CT molecular complexity index is 421. The van der Waals surface area contributed by atoms with E-state index >= 15 is 0 Å². The van der Waals surface area contributed by atoms with Crippen LogP contribution in [0.2, 0.25) is 0 Å². The molecule has 0 bridgehead atoms. The molecule has 2 heterocycles. The zero-order valence-corrected chi connectivity index (χ0v) is 10.8. The molecule has 0 amide bonds. The lowest BCUT2D eigenvalue weighted by atomic mass is 10.3. The molecule has 1 aliphatic rings. The molecular formula is C12H18N4O2. The Hall–Kier alpha value is -1.69. The molecule has 1 aromatic rings. The summed E-state index contributed by atoms with van der Waals surface area (Å²) in [5.41, 5.74) is 0.963. The van der Waals surface area contributed by atoms with Crippen LogP contribution in [0, 0.1) is 13.8 Å². The number of piperazine rings is 1. The van der Waals surface area contributed by atoms with E-state index in [2.05, 4.69) is 14.9 Å². The van der Waals surface area contributed by atoms with Crippen LogP contribution >= 0.6 is 0 Å². The Morgan fingerprint density at radius 1 is 1.28 bits per heavy atom. The number of carbonyl (C=O) groups is 1. The van der Waals surface area contributed by atoms with Crippen molar-refractivity contribution in [3.05, 3.63) is 17.6 Å². The van der Waals surface area contributed by atoms with Gasteiger partial charge in [0.25, 0.3) is 0 Å². The molecule has 0 unspecified atom stereocenters. The van der Waals surface area contributed by atoms with Crippen molar-refractivity contribution in [1.29, 1.82) is 0 Å². The van der Waals surface area contributed by atoms with Gasteiger partial charge in [0.15, 0.2) is 0 Å².